The van der Waals surface area contributed by atoms with Crippen molar-refractivity contribution in [3.63, 3.8) is 0 Å². The Balaban J connectivity index is 2.67. The van der Waals surface area contributed by atoms with Gasteiger partial charge in [-0.15, -0.1) is 0 Å². The standard InChI is InChI=1S/C11H14N2O3S/c1-2-3-11(14)13-8-9-4-6-10(7-5-9)17(12,15)16/h2-7H,8H2,1H3,(H,13,14)(H2,12,15,16)/b3-2+. The highest BCUT2D eigenvalue weighted by Crippen LogP contribution is 2.08. The Kier molecular flexibility index (Phi) is 4.42. The number of sulfonamides is 1. The predicted octanol–water partition coefficient (Wildman–Crippen LogP) is 0.526. The lowest BCUT2D eigenvalue weighted by Gasteiger charge is -2.03. The van der Waals surface area contributed by atoms with E-state index in [1.54, 1.807) is 25.1 Å². The van der Waals surface area contributed by atoms with E-state index in [-0.39, 0.29) is 10.8 Å². The maximum Gasteiger partial charge on any atom is 0.243 e. The second-order valence-electron chi connectivity index (χ2n) is 3.41. The number of hydrogen-bond donors (Lipinski definition) is 2. The van der Waals surface area contributed by atoms with E-state index in [1.807, 2.05) is 0 Å². The van der Waals surface area contributed by atoms with Crippen molar-refractivity contribution in [2.75, 3.05) is 0 Å². The fraction of sp³-hybridized carbons (Fsp3) is 0.182. The van der Waals surface area contributed by atoms with Gasteiger partial charge in [-0.1, -0.05) is 18.2 Å². The van der Waals surface area contributed by atoms with E-state index in [0.29, 0.717) is 6.54 Å². The zero-order chi connectivity index (χ0) is 12.9. The molecule has 1 aromatic rings. The minimum atomic E-state index is -3.66. The number of carbonyl (C=O) groups is 1. The first-order chi connectivity index (χ1) is 7.93. The lowest BCUT2D eigenvalue weighted by Crippen LogP contribution is -2.20. The molecule has 0 aliphatic carbocycles. The van der Waals surface area contributed by atoms with E-state index in [9.17, 15) is 13.2 Å². The van der Waals surface area contributed by atoms with Crippen molar-refractivity contribution in [1.29, 1.82) is 0 Å². The summed E-state index contributed by atoms with van der Waals surface area (Å²) in [6.07, 6.45) is 3.05. The SMILES string of the molecule is C/C=C/C(=O)NCc1ccc(S(N)(=O)=O)cc1. The lowest BCUT2D eigenvalue weighted by atomic mass is 10.2. The Bertz CT molecular complexity index is 518. The Labute approximate surface area is 100 Å². The van der Waals surface area contributed by atoms with Crippen LogP contribution in [0.4, 0.5) is 0 Å². The summed E-state index contributed by atoms with van der Waals surface area (Å²) in [5.74, 6) is -0.192. The molecule has 6 heteroatoms. The molecule has 0 spiro atoms. The van der Waals surface area contributed by atoms with Gasteiger partial charge in [0.1, 0.15) is 0 Å². The van der Waals surface area contributed by atoms with Gasteiger partial charge in [-0.2, -0.15) is 0 Å². The third kappa shape index (κ3) is 4.38. The van der Waals surface area contributed by atoms with Crippen LogP contribution < -0.4 is 10.5 Å². The summed E-state index contributed by atoms with van der Waals surface area (Å²) < 4.78 is 22.0. The number of benzene rings is 1. The molecule has 0 heterocycles. The molecule has 0 aromatic heterocycles. The van der Waals surface area contributed by atoms with Crippen molar-refractivity contribution in [3.05, 3.63) is 42.0 Å². The maximum absolute atomic E-state index is 11.1. The predicted molar refractivity (Wildman–Crippen MR) is 64.5 cm³/mol. The number of allylic oxidation sites excluding steroid dienone is 1. The van der Waals surface area contributed by atoms with E-state index in [2.05, 4.69) is 5.32 Å². The van der Waals surface area contributed by atoms with Crippen LogP contribution in [0.1, 0.15) is 12.5 Å². The Morgan fingerprint density at radius 1 is 1.35 bits per heavy atom. The highest BCUT2D eigenvalue weighted by molar-refractivity contribution is 7.89. The van der Waals surface area contributed by atoms with E-state index in [1.165, 1.54) is 18.2 Å². The topological polar surface area (TPSA) is 89.3 Å². The number of nitrogens with one attached hydrogen (secondary N) is 1. The smallest absolute Gasteiger partial charge is 0.243 e. The van der Waals surface area contributed by atoms with Gasteiger partial charge >= 0.3 is 0 Å². The van der Waals surface area contributed by atoms with Gasteiger partial charge in [-0.3, -0.25) is 4.79 Å². The number of primary sulfonamides is 1. The molecule has 0 atom stereocenters. The van der Waals surface area contributed by atoms with Crippen molar-refractivity contribution in [2.24, 2.45) is 5.14 Å². The molecule has 0 radical (unpaired) electrons. The van der Waals surface area contributed by atoms with Crippen molar-refractivity contribution in [2.45, 2.75) is 18.4 Å². The molecular formula is C11H14N2O3S. The van der Waals surface area contributed by atoms with Crippen LogP contribution >= 0.6 is 0 Å². The molecule has 0 aliphatic rings. The summed E-state index contributed by atoms with van der Waals surface area (Å²) >= 11 is 0. The average Bonchev–Trinajstić information content (AvgIpc) is 2.26. The lowest BCUT2D eigenvalue weighted by molar-refractivity contribution is -0.116. The van der Waals surface area contributed by atoms with Crippen LogP contribution in [0, 0.1) is 0 Å². The first-order valence-corrected chi connectivity index (χ1v) is 6.50. The van der Waals surface area contributed by atoms with Crippen molar-refractivity contribution < 1.29 is 13.2 Å². The largest absolute Gasteiger partial charge is 0.348 e. The molecule has 0 saturated heterocycles. The molecule has 17 heavy (non-hydrogen) atoms. The van der Waals surface area contributed by atoms with Crippen LogP contribution in [-0.2, 0) is 21.4 Å². The van der Waals surface area contributed by atoms with Gasteiger partial charge in [0, 0.05) is 6.54 Å². The minimum absolute atomic E-state index is 0.0565. The summed E-state index contributed by atoms with van der Waals surface area (Å²) in [6, 6.07) is 6.03. The first kappa shape index (κ1) is 13.4. The third-order valence-corrected chi connectivity index (χ3v) is 2.97. The van der Waals surface area contributed by atoms with E-state index < -0.39 is 10.0 Å². The highest BCUT2D eigenvalue weighted by atomic mass is 32.2. The second kappa shape index (κ2) is 5.60. The molecule has 1 amide bonds. The van der Waals surface area contributed by atoms with Crippen molar-refractivity contribution >= 4 is 15.9 Å². The Hall–Kier alpha value is -1.66. The van der Waals surface area contributed by atoms with Crippen molar-refractivity contribution in [3.8, 4) is 0 Å². The number of amides is 1. The second-order valence-corrected chi connectivity index (χ2v) is 4.97. The summed E-state index contributed by atoms with van der Waals surface area (Å²) in [6.45, 7) is 2.09. The average molecular weight is 254 g/mol. The maximum atomic E-state index is 11.1. The van der Waals surface area contributed by atoms with Crippen LogP contribution in [0.15, 0.2) is 41.3 Å². The summed E-state index contributed by atoms with van der Waals surface area (Å²) in [5, 5.41) is 7.61. The number of carbonyl (C=O) groups excluding carboxylic acids is 1. The van der Waals surface area contributed by atoms with Gasteiger partial charge in [-0.25, -0.2) is 13.6 Å². The highest BCUT2D eigenvalue weighted by Gasteiger charge is 2.06. The van der Waals surface area contributed by atoms with Gasteiger partial charge in [0.25, 0.3) is 0 Å². The monoisotopic (exact) mass is 254 g/mol. The van der Waals surface area contributed by atoms with Gasteiger partial charge in [0.2, 0.25) is 15.9 Å². The van der Waals surface area contributed by atoms with Gasteiger partial charge in [0.05, 0.1) is 4.90 Å². The molecule has 5 nitrogen and oxygen atoms in total. The summed E-state index contributed by atoms with van der Waals surface area (Å²) in [7, 11) is -3.66. The quantitative estimate of drug-likeness (QED) is 0.768. The normalized spacial score (nSPS) is 11.6. The molecule has 0 unspecified atom stereocenters. The Morgan fingerprint density at radius 2 is 1.94 bits per heavy atom. The number of rotatable bonds is 4. The molecule has 92 valence electrons. The molecule has 0 aliphatic heterocycles. The van der Waals surface area contributed by atoms with Gasteiger partial charge < -0.3 is 5.32 Å². The summed E-state index contributed by atoms with van der Waals surface area (Å²) in [4.78, 5) is 11.2. The van der Waals surface area contributed by atoms with Crippen molar-refractivity contribution in [1.82, 2.24) is 5.32 Å². The van der Waals surface area contributed by atoms with E-state index in [4.69, 9.17) is 5.14 Å². The van der Waals surface area contributed by atoms with E-state index in [0.717, 1.165) is 5.56 Å². The molecule has 0 saturated carbocycles. The molecular weight excluding hydrogens is 240 g/mol. The number of nitrogens with two attached hydrogens (primary N) is 1. The molecule has 0 bridgehead atoms. The van der Waals surface area contributed by atoms with Gasteiger partial charge in [-0.05, 0) is 30.7 Å². The fourth-order valence-corrected chi connectivity index (χ4v) is 1.71. The zero-order valence-electron chi connectivity index (χ0n) is 9.38. The Morgan fingerprint density at radius 3 is 2.41 bits per heavy atom. The van der Waals surface area contributed by atoms with E-state index >= 15 is 0 Å². The number of hydrogen-bond acceptors (Lipinski definition) is 3. The minimum Gasteiger partial charge on any atom is -0.348 e. The van der Waals surface area contributed by atoms with Crippen LogP contribution in [0.5, 0.6) is 0 Å². The molecule has 1 rings (SSSR count). The molecule has 1 aromatic carbocycles. The van der Waals surface area contributed by atoms with Crippen LogP contribution in [0.2, 0.25) is 0 Å². The zero-order valence-corrected chi connectivity index (χ0v) is 10.2. The molecule has 0 fully saturated rings. The summed E-state index contributed by atoms with van der Waals surface area (Å²) in [5.41, 5.74) is 0.801. The van der Waals surface area contributed by atoms with Crippen LogP contribution in [-0.4, -0.2) is 14.3 Å². The van der Waals surface area contributed by atoms with Crippen LogP contribution in [0.25, 0.3) is 0 Å². The van der Waals surface area contributed by atoms with Crippen LogP contribution in [0.3, 0.4) is 0 Å². The first-order valence-electron chi connectivity index (χ1n) is 4.96. The van der Waals surface area contributed by atoms with Gasteiger partial charge in [0.15, 0.2) is 0 Å². The fourth-order valence-electron chi connectivity index (χ4n) is 1.20. The molecule has 3 N–H and O–H groups in total. The third-order valence-electron chi connectivity index (χ3n) is 2.04.